The molecular formula is C26H41N5O3S. The molecule has 0 aromatic carbocycles. The summed E-state index contributed by atoms with van der Waals surface area (Å²) in [5, 5.41) is 1.21. The summed E-state index contributed by atoms with van der Waals surface area (Å²) < 4.78 is 6.21. The van der Waals surface area contributed by atoms with Crippen LogP contribution < -0.4 is 10.5 Å². The van der Waals surface area contributed by atoms with Crippen LogP contribution in [-0.4, -0.2) is 71.4 Å². The van der Waals surface area contributed by atoms with Crippen molar-refractivity contribution in [2.24, 2.45) is 5.73 Å². The van der Waals surface area contributed by atoms with Gasteiger partial charge in [-0.25, -0.2) is 9.97 Å². The summed E-state index contributed by atoms with van der Waals surface area (Å²) in [5.74, 6) is 0.869. The van der Waals surface area contributed by atoms with Crippen molar-refractivity contribution >= 4 is 33.4 Å². The molecule has 2 aliphatic carbocycles. The number of likely N-dealkylation sites (N-methyl/N-ethyl adjacent to an activating group) is 1. The molecule has 1 aliphatic heterocycles. The Morgan fingerprint density at radius 3 is 2.40 bits per heavy atom. The quantitative estimate of drug-likeness (QED) is 0.663. The maximum absolute atomic E-state index is 11.3. The Kier molecular flexibility index (Phi) is 10.7. The minimum atomic E-state index is -0.245. The number of fused-ring (bicyclic) bond motifs is 3. The van der Waals surface area contributed by atoms with Gasteiger partial charge in [0.25, 0.3) is 0 Å². The lowest BCUT2D eigenvalue weighted by molar-refractivity contribution is -0.130. The summed E-state index contributed by atoms with van der Waals surface area (Å²) in [6, 6.07) is 0. The first kappa shape index (κ1) is 27.3. The molecule has 1 saturated carbocycles. The molecule has 2 fully saturated rings. The largest absolute Gasteiger partial charge is 0.474 e. The second kappa shape index (κ2) is 13.7. The van der Waals surface area contributed by atoms with Gasteiger partial charge in [-0.05, 0) is 77.4 Å². The highest BCUT2D eigenvalue weighted by atomic mass is 32.1. The summed E-state index contributed by atoms with van der Waals surface area (Å²) in [7, 11) is 3.85. The molecule has 0 atom stereocenters. The third kappa shape index (κ3) is 8.14. The van der Waals surface area contributed by atoms with Crippen molar-refractivity contribution in [3.05, 3.63) is 16.8 Å². The Morgan fingerprint density at radius 1 is 1.09 bits per heavy atom. The zero-order valence-electron chi connectivity index (χ0n) is 21.6. The van der Waals surface area contributed by atoms with Gasteiger partial charge in [-0.1, -0.05) is 13.3 Å². The van der Waals surface area contributed by atoms with Gasteiger partial charge in [0.15, 0.2) is 0 Å². The molecule has 0 unspecified atom stereocenters. The van der Waals surface area contributed by atoms with Crippen molar-refractivity contribution < 1.29 is 14.3 Å². The molecule has 5 rings (SSSR count). The summed E-state index contributed by atoms with van der Waals surface area (Å²) >= 11 is 1.83. The number of carbonyl (C=O) groups is 2. The number of carbonyl (C=O) groups excluding carboxylic acids is 2. The molecule has 1 saturated heterocycles. The number of hydrogen-bond acceptors (Lipinski definition) is 7. The molecule has 2 amide bonds. The second-order valence-electron chi connectivity index (χ2n) is 9.74. The lowest BCUT2D eigenvalue weighted by Crippen LogP contribution is -2.35. The van der Waals surface area contributed by atoms with Gasteiger partial charge in [0.1, 0.15) is 17.3 Å². The van der Waals surface area contributed by atoms with Crippen LogP contribution in [0.2, 0.25) is 0 Å². The van der Waals surface area contributed by atoms with E-state index in [0.717, 1.165) is 23.8 Å². The highest BCUT2D eigenvalue weighted by Gasteiger charge is 2.24. The third-order valence-corrected chi connectivity index (χ3v) is 7.76. The van der Waals surface area contributed by atoms with E-state index >= 15 is 0 Å². The van der Waals surface area contributed by atoms with Crippen LogP contribution in [0.4, 0.5) is 0 Å². The zero-order valence-corrected chi connectivity index (χ0v) is 22.4. The number of likely N-dealkylation sites (tertiary alicyclic amines) is 1. The molecule has 35 heavy (non-hydrogen) atoms. The maximum Gasteiger partial charge on any atom is 0.236 e. The summed E-state index contributed by atoms with van der Waals surface area (Å²) in [5.41, 5.74) is 6.12. The van der Waals surface area contributed by atoms with Crippen LogP contribution in [0.15, 0.2) is 6.33 Å². The van der Waals surface area contributed by atoms with Crippen molar-refractivity contribution in [2.45, 2.75) is 83.7 Å². The predicted octanol–water partition coefficient (Wildman–Crippen LogP) is 3.94. The molecular weight excluding hydrogens is 462 g/mol. The van der Waals surface area contributed by atoms with Gasteiger partial charge in [0.05, 0.1) is 11.9 Å². The van der Waals surface area contributed by atoms with E-state index in [-0.39, 0.29) is 11.8 Å². The Bertz CT molecular complexity index is 965. The molecule has 2 aromatic heterocycles. The fourth-order valence-electron chi connectivity index (χ4n) is 4.67. The molecule has 3 aliphatic rings. The third-order valence-electron chi connectivity index (χ3n) is 6.56. The number of ether oxygens (including phenoxy) is 1. The number of thiophene rings is 1. The summed E-state index contributed by atoms with van der Waals surface area (Å²) in [4.78, 5) is 36.3. The fraction of sp³-hybridized carbons (Fsp3) is 0.692. The van der Waals surface area contributed by atoms with Gasteiger partial charge in [0.2, 0.25) is 17.7 Å². The molecule has 194 valence electrons. The maximum atomic E-state index is 11.3. The summed E-state index contributed by atoms with van der Waals surface area (Å²) in [6.07, 6.45) is 14.8. The predicted molar refractivity (Wildman–Crippen MR) is 141 cm³/mol. The van der Waals surface area contributed by atoms with Gasteiger partial charge in [-0.2, -0.15) is 0 Å². The first-order valence-electron chi connectivity index (χ1n) is 13.0. The van der Waals surface area contributed by atoms with E-state index in [4.69, 9.17) is 4.74 Å². The molecule has 0 radical (unpaired) electrons. The number of aromatic nitrogens is 2. The molecule has 3 heterocycles. The van der Waals surface area contributed by atoms with E-state index in [9.17, 15) is 9.59 Å². The lowest BCUT2D eigenvalue weighted by Gasteiger charge is -2.22. The van der Waals surface area contributed by atoms with Crippen LogP contribution in [0.3, 0.4) is 0 Å². The molecule has 8 nitrogen and oxygen atoms in total. The number of aryl methyl sites for hydroxylation is 2. The van der Waals surface area contributed by atoms with Crippen LogP contribution in [0, 0.1) is 0 Å². The minimum Gasteiger partial charge on any atom is -0.474 e. The number of nitrogens with zero attached hydrogens (tertiary/aromatic N) is 4. The lowest BCUT2D eigenvalue weighted by atomic mass is 9.98. The number of primary amides is 1. The normalized spacial score (nSPS) is 17.4. The minimum absolute atomic E-state index is 0.245. The average molecular weight is 504 g/mol. The molecule has 0 bridgehead atoms. The highest BCUT2D eigenvalue weighted by Crippen LogP contribution is 2.40. The van der Waals surface area contributed by atoms with E-state index < -0.39 is 0 Å². The SMILES string of the molecule is CCC(N)=O.CN(C)CC(=O)N1CCCC1.c1nc(OC2CCCCC2)c2c3c(sc2n1)CCC3. The standard InChI is InChI=1S/C15H18N2OS.C8H16N2O.C3H7NO/c1-2-5-10(6-3-1)18-14-13-11-7-4-8-12(11)19-15(13)17-9-16-14;1-9(2)7-8(11)10-5-3-4-6-10;1-2-3(4)5/h9-10H,1-8H2;3-7H2,1-2H3;2H2,1H3,(H2,4,5). The highest BCUT2D eigenvalue weighted by molar-refractivity contribution is 7.18. The molecule has 9 heteroatoms. The number of rotatable bonds is 5. The number of hydrogen-bond donors (Lipinski definition) is 1. The topological polar surface area (TPSA) is 102 Å². The van der Waals surface area contributed by atoms with E-state index in [1.807, 2.05) is 35.2 Å². The van der Waals surface area contributed by atoms with Crippen molar-refractivity contribution in [1.82, 2.24) is 19.8 Å². The first-order chi connectivity index (χ1) is 16.9. The Morgan fingerprint density at radius 2 is 1.77 bits per heavy atom. The number of nitrogens with two attached hydrogens (primary N) is 1. The van der Waals surface area contributed by atoms with Gasteiger partial charge in [-0.3, -0.25) is 9.59 Å². The van der Waals surface area contributed by atoms with E-state index in [2.05, 4.69) is 15.7 Å². The molecule has 2 aromatic rings. The fourth-order valence-corrected chi connectivity index (χ4v) is 5.89. The Balaban J connectivity index is 0.000000182. The van der Waals surface area contributed by atoms with E-state index in [1.54, 1.807) is 13.3 Å². The van der Waals surface area contributed by atoms with Crippen molar-refractivity contribution in [3.8, 4) is 5.88 Å². The number of amides is 2. The van der Waals surface area contributed by atoms with Crippen LogP contribution in [-0.2, 0) is 22.4 Å². The second-order valence-corrected chi connectivity index (χ2v) is 10.8. The summed E-state index contributed by atoms with van der Waals surface area (Å²) in [6.45, 7) is 4.21. The van der Waals surface area contributed by atoms with Gasteiger partial charge >= 0.3 is 0 Å². The molecule has 0 spiro atoms. The van der Waals surface area contributed by atoms with Crippen molar-refractivity contribution in [1.29, 1.82) is 0 Å². The van der Waals surface area contributed by atoms with Gasteiger partial charge in [-0.15, -0.1) is 11.3 Å². The Hall–Kier alpha value is -2.26. The van der Waals surface area contributed by atoms with E-state index in [1.165, 1.54) is 80.0 Å². The van der Waals surface area contributed by atoms with Crippen LogP contribution in [0.1, 0.15) is 75.2 Å². The van der Waals surface area contributed by atoms with Crippen LogP contribution in [0.5, 0.6) is 5.88 Å². The van der Waals surface area contributed by atoms with Crippen LogP contribution in [0.25, 0.3) is 10.2 Å². The average Bonchev–Trinajstić information content (AvgIpc) is 3.58. The molecule has 2 N–H and O–H groups in total. The first-order valence-corrected chi connectivity index (χ1v) is 13.8. The van der Waals surface area contributed by atoms with Gasteiger partial charge in [0, 0.05) is 24.4 Å². The monoisotopic (exact) mass is 503 g/mol. The van der Waals surface area contributed by atoms with Crippen molar-refractivity contribution in [3.63, 3.8) is 0 Å². The smallest absolute Gasteiger partial charge is 0.236 e. The van der Waals surface area contributed by atoms with Gasteiger partial charge < -0.3 is 20.3 Å². The van der Waals surface area contributed by atoms with E-state index in [0.29, 0.717) is 19.1 Å². The Labute approximate surface area is 213 Å². The van der Waals surface area contributed by atoms with Crippen molar-refractivity contribution in [2.75, 3.05) is 33.7 Å². The van der Waals surface area contributed by atoms with Crippen LogP contribution >= 0.6 is 11.3 Å². The zero-order chi connectivity index (χ0) is 25.2.